The Bertz CT molecular complexity index is 532. The number of nitrogens with one attached hydrogen (secondary N) is 1. The van der Waals surface area contributed by atoms with E-state index in [1.54, 1.807) is 11.3 Å². The van der Waals surface area contributed by atoms with Crippen LogP contribution in [0, 0.1) is 0 Å². The van der Waals surface area contributed by atoms with Crippen LogP contribution in [0.15, 0.2) is 17.5 Å². The van der Waals surface area contributed by atoms with Crippen LogP contribution in [0.1, 0.15) is 18.2 Å². The molecule has 0 atom stereocenters. The monoisotopic (exact) mass is 311 g/mol. The highest BCUT2D eigenvalue weighted by atomic mass is 35.5. The molecule has 0 spiro atoms. The molecule has 5 nitrogen and oxygen atoms in total. The summed E-state index contributed by atoms with van der Waals surface area (Å²) in [7, 11) is 1.96. The maximum Gasteiger partial charge on any atom is 0.231 e. The van der Waals surface area contributed by atoms with Crippen LogP contribution in [0.2, 0.25) is 5.28 Å². The summed E-state index contributed by atoms with van der Waals surface area (Å²) in [6, 6.07) is 4.19. The van der Waals surface area contributed by atoms with Crippen molar-refractivity contribution in [3.8, 4) is 0 Å². The number of hydrogen-bond acceptors (Lipinski definition) is 6. The standard InChI is InChI=1S/C13H18ClN5S/c1-3-7-15-12-16-11(14)17-13(18-12)19(2)8-6-10-5-4-9-20-10/h4-5,9H,3,6-8H2,1-2H3,(H,15,16,17,18). The highest BCUT2D eigenvalue weighted by molar-refractivity contribution is 7.09. The molecule has 108 valence electrons. The molecule has 7 heteroatoms. The SMILES string of the molecule is CCCNc1nc(Cl)nc(N(C)CCc2cccs2)n1. The first-order valence-electron chi connectivity index (χ1n) is 6.58. The minimum atomic E-state index is 0.219. The Morgan fingerprint density at radius 3 is 2.90 bits per heavy atom. The number of halogens is 1. The Kier molecular flexibility index (Phi) is 5.55. The summed E-state index contributed by atoms with van der Waals surface area (Å²) < 4.78 is 0. The van der Waals surface area contributed by atoms with Gasteiger partial charge in [-0.2, -0.15) is 15.0 Å². The Balaban J connectivity index is 2.00. The molecule has 0 radical (unpaired) electrons. The normalized spacial score (nSPS) is 10.6. The summed E-state index contributed by atoms with van der Waals surface area (Å²) in [5.74, 6) is 1.13. The van der Waals surface area contributed by atoms with Crippen molar-refractivity contribution in [3.05, 3.63) is 27.7 Å². The highest BCUT2D eigenvalue weighted by Crippen LogP contribution is 2.14. The molecule has 1 N–H and O–H groups in total. The van der Waals surface area contributed by atoms with Gasteiger partial charge in [-0.3, -0.25) is 0 Å². The second-order valence-corrected chi connectivity index (χ2v) is 5.78. The van der Waals surface area contributed by atoms with Gasteiger partial charge in [0.1, 0.15) is 0 Å². The fourth-order valence-electron chi connectivity index (χ4n) is 1.66. The second kappa shape index (κ2) is 7.40. The van der Waals surface area contributed by atoms with Gasteiger partial charge in [-0.25, -0.2) is 0 Å². The van der Waals surface area contributed by atoms with Crippen LogP contribution < -0.4 is 10.2 Å². The zero-order valence-corrected chi connectivity index (χ0v) is 13.2. The third kappa shape index (κ3) is 4.31. The Labute approximate surface area is 128 Å². The maximum atomic E-state index is 5.95. The lowest BCUT2D eigenvalue weighted by Crippen LogP contribution is -2.23. The fraction of sp³-hybridized carbons (Fsp3) is 0.462. The minimum Gasteiger partial charge on any atom is -0.354 e. The minimum absolute atomic E-state index is 0.219. The average Bonchev–Trinajstić information content (AvgIpc) is 2.95. The van der Waals surface area contributed by atoms with Gasteiger partial charge in [-0.05, 0) is 35.9 Å². The van der Waals surface area contributed by atoms with Crippen molar-refractivity contribution in [1.29, 1.82) is 0 Å². The van der Waals surface area contributed by atoms with Crippen molar-refractivity contribution >= 4 is 34.8 Å². The Morgan fingerprint density at radius 1 is 1.35 bits per heavy atom. The van der Waals surface area contributed by atoms with E-state index in [0.717, 1.165) is 25.9 Å². The second-order valence-electron chi connectivity index (χ2n) is 4.41. The zero-order chi connectivity index (χ0) is 14.4. The van der Waals surface area contributed by atoms with Crippen LogP contribution in [0.4, 0.5) is 11.9 Å². The quantitative estimate of drug-likeness (QED) is 0.851. The van der Waals surface area contributed by atoms with Crippen LogP contribution in [0.5, 0.6) is 0 Å². The van der Waals surface area contributed by atoms with Gasteiger partial charge < -0.3 is 10.2 Å². The molecule has 0 aliphatic rings. The van der Waals surface area contributed by atoms with Crippen molar-refractivity contribution in [3.63, 3.8) is 0 Å². The predicted molar refractivity (Wildman–Crippen MR) is 84.9 cm³/mol. The maximum absolute atomic E-state index is 5.95. The van der Waals surface area contributed by atoms with Gasteiger partial charge in [0.2, 0.25) is 17.2 Å². The number of hydrogen-bond donors (Lipinski definition) is 1. The van der Waals surface area contributed by atoms with Gasteiger partial charge in [-0.15, -0.1) is 11.3 Å². The summed E-state index contributed by atoms with van der Waals surface area (Å²) in [4.78, 5) is 16.0. The Morgan fingerprint density at radius 2 is 2.20 bits per heavy atom. The molecular weight excluding hydrogens is 294 g/mol. The summed E-state index contributed by atoms with van der Waals surface area (Å²) >= 11 is 7.71. The van der Waals surface area contributed by atoms with Crippen LogP contribution in [-0.2, 0) is 6.42 Å². The van der Waals surface area contributed by atoms with Crippen molar-refractivity contribution in [1.82, 2.24) is 15.0 Å². The molecule has 2 aromatic rings. The molecule has 0 saturated heterocycles. The van der Waals surface area contributed by atoms with E-state index < -0.39 is 0 Å². The van der Waals surface area contributed by atoms with Crippen LogP contribution in [0.3, 0.4) is 0 Å². The summed E-state index contributed by atoms with van der Waals surface area (Å²) in [6.07, 6.45) is 1.97. The van der Waals surface area contributed by atoms with E-state index in [1.807, 2.05) is 11.9 Å². The molecule has 2 rings (SSSR count). The molecule has 0 saturated carbocycles. The first-order chi connectivity index (χ1) is 9.69. The highest BCUT2D eigenvalue weighted by Gasteiger charge is 2.09. The smallest absolute Gasteiger partial charge is 0.231 e. The van der Waals surface area contributed by atoms with Crippen molar-refractivity contribution in [2.75, 3.05) is 30.4 Å². The summed E-state index contributed by atoms with van der Waals surface area (Å²) in [5, 5.41) is 5.43. The molecule has 0 aliphatic carbocycles. The topological polar surface area (TPSA) is 53.9 Å². The van der Waals surface area contributed by atoms with Crippen LogP contribution in [-0.4, -0.2) is 35.1 Å². The van der Waals surface area contributed by atoms with E-state index in [0.29, 0.717) is 11.9 Å². The molecule has 0 aliphatic heterocycles. The van der Waals surface area contributed by atoms with E-state index in [9.17, 15) is 0 Å². The lowest BCUT2D eigenvalue weighted by molar-refractivity contribution is 0.832. The molecule has 0 bridgehead atoms. The summed E-state index contributed by atoms with van der Waals surface area (Å²) in [5.41, 5.74) is 0. The number of anilines is 2. The van der Waals surface area contributed by atoms with Gasteiger partial charge in [0, 0.05) is 25.0 Å². The third-order valence-corrected chi connectivity index (χ3v) is 3.85. The third-order valence-electron chi connectivity index (χ3n) is 2.74. The van der Waals surface area contributed by atoms with Gasteiger partial charge in [0.25, 0.3) is 0 Å². The number of thiophene rings is 1. The number of aromatic nitrogens is 3. The van der Waals surface area contributed by atoms with Crippen LogP contribution in [0.25, 0.3) is 0 Å². The first kappa shape index (κ1) is 15.0. The molecule has 0 unspecified atom stereocenters. The lowest BCUT2D eigenvalue weighted by atomic mass is 10.3. The van der Waals surface area contributed by atoms with E-state index in [-0.39, 0.29) is 5.28 Å². The fourth-order valence-corrected chi connectivity index (χ4v) is 2.51. The van der Waals surface area contributed by atoms with E-state index in [1.165, 1.54) is 4.88 Å². The molecule has 0 amide bonds. The predicted octanol–water partition coefficient (Wildman–Crippen LogP) is 3.09. The van der Waals surface area contributed by atoms with Crippen LogP contribution >= 0.6 is 22.9 Å². The number of nitrogens with zero attached hydrogens (tertiary/aromatic N) is 4. The van der Waals surface area contributed by atoms with Crippen molar-refractivity contribution < 1.29 is 0 Å². The number of likely N-dealkylation sites (N-methyl/N-ethyl adjacent to an activating group) is 1. The van der Waals surface area contributed by atoms with E-state index in [4.69, 9.17) is 11.6 Å². The molecule has 2 aromatic heterocycles. The molecule has 20 heavy (non-hydrogen) atoms. The average molecular weight is 312 g/mol. The molecule has 0 fully saturated rings. The molecule has 2 heterocycles. The lowest BCUT2D eigenvalue weighted by Gasteiger charge is -2.17. The largest absolute Gasteiger partial charge is 0.354 e. The first-order valence-corrected chi connectivity index (χ1v) is 7.83. The molecule has 0 aromatic carbocycles. The number of rotatable bonds is 7. The molecular formula is C13H18ClN5S. The summed E-state index contributed by atoms with van der Waals surface area (Å²) in [6.45, 7) is 3.75. The zero-order valence-electron chi connectivity index (χ0n) is 11.6. The Hall–Kier alpha value is -1.40. The van der Waals surface area contributed by atoms with E-state index >= 15 is 0 Å². The van der Waals surface area contributed by atoms with Gasteiger partial charge in [-0.1, -0.05) is 13.0 Å². The van der Waals surface area contributed by atoms with Gasteiger partial charge >= 0.3 is 0 Å². The van der Waals surface area contributed by atoms with Crippen molar-refractivity contribution in [2.24, 2.45) is 0 Å². The van der Waals surface area contributed by atoms with Crippen molar-refractivity contribution in [2.45, 2.75) is 19.8 Å². The van der Waals surface area contributed by atoms with Gasteiger partial charge in [0.15, 0.2) is 0 Å². The van der Waals surface area contributed by atoms with E-state index in [2.05, 4.69) is 44.7 Å². The van der Waals surface area contributed by atoms with Gasteiger partial charge in [0.05, 0.1) is 0 Å².